The fourth-order valence-electron chi connectivity index (χ4n) is 1.88. The number of aliphatic hydroxyl groups is 1. The van der Waals surface area contributed by atoms with Gasteiger partial charge in [0, 0.05) is 10.4 Å². The molecule has 0 atom stereocenters. The molecule has 0 spiro atoms. The normalized spacial score (nSPS) is 18.6. The highest BCUT2D eigenvalue weighted by Gasteiger charge is 2.48. The van der Waals surface area contributed by atoms with E-state index in [1.807, 2.05) is 0 Å². The maximum absolute atomic E-state index is 12.8. The van der Waals surface area contributed by atoms with Crippen LogP contribution in [-0.4, -0.2) is 11.7 Å². The van der Waals surface area contributed by atoms with Crippen LogP contribution >= 0.6 is 11.6 Å². The third kappa shape index (κ3) is 1.92. The summed E-state index contributed by atoms with van der Waals surface area (Å²) in [5.41, 5.74) is -1.27. The number of benzene rings is 1. The van der Waals surface area contributed by atoms with E-state index in [-0.39, 0.29) is 17.2 Å². The molecule has 0 heterocycles. The highest BCUT2D eigenvalue weighted by Crippen LogP contribution is 2.51. The predicted octanol–water partition coefficient (Wildman–Crippen LogP) is 3.38. The van der Waals surface area contributed by atoms with Crippen LogP contribution in [0.25, 0.3) is 0 Å². The Bertz CT molecular complexity index is 410. The van der Waals surface area contributed by atoms with Gasteiger partial charge in [0.05, 0.1) is 12.2 Å². The summed E-state index contributed by atoms with van der Waals surface area (Å²) in [6, 6.07) is 3.73. The number of halogens is 4. The van der Waals surface area contributed by atoms with Crippen molar-refractivity contribution in [3.8, 4) is 0 Å². The molecule has 1 aromatic carbocycles. The van der Waals surface area contributed by atoms with Crippen LogP contribution in [0.15, 0.2) is 18.2 Å². The molecular formula is C11H10ClF3O. The largest absolute Gasteiger partial charge is 0.416 e. The Morgan fingerprint density at radius 3 is 2.38 bits per heavy atom. The third-order valence-corrected chi connectivity index (χ3v) is 3.25. The molecule has 0 radical (unpaired) electrons. The smallest absolute Gasteiger partial charge is 0.395 e. The van der Waals surface area contributed by atoms with Crippen LogP contribution in [0.1, 0.15) is 24.0 Å². The summed E-state index contributed by atoms with van der Waals surface area (Å²) in [6.45, 7) is -0.252. The molecule has 0 aliphatic heterocycles. The summed E-state index contributed by atoms with van der Waals surface area (Å²) in [5, 5.41) is 9.23. The van der Waals surface area contributed by atoms with E-state index in [1.165, 1.54) is 12.1 Å². The zero-order valence-corrected chi connectivity index (χ0v) is 9.07. The first kappa shape index (κ1) is 11.7. The van der Waals surface area contributed by atoms with Gasteiger partial charge in [0.15, 0.2) is 0 Å². The molecule has 0 aromatic heterocycles. The topological polar surface area (TPSA) is 20.2 Å². The number of hydrogen-bond acceptors (Lipinski definition) is 1. The van der Waals surface area contributed by atoms with Gasteiger partial charge in [0.1, 0.15) is 0 Å². The molecule has 0 unspecified atom stereocenters. The maximum Gasteiger partial charge on any atom is 0.416 e. The number of aliphatic hydroxyl groups excluding tert-OH is 1. The van der Waals surface area contributed by atoms with Crippen LogP contribution in [0.5, 0.6) is 0 Å². The maximum atomic E-state index is 12.8. The molecule has 1 N–H and O–H groups in total. The van der Waals surface area contributed by atoms with Gasteiger partial charge >= 0.3 is 6.18 Å². The third-order valence-electron chi connectivity index (χ3n) is 3.01. The number of hydrogen-bond donors (Lipinski definition) is 1. The van der Waals surface area contributed by atoms with E-state index in [0.717, 1.165) is 6.07 Å². The molecule has 1 saturated carbocycles. The highest BCUT2D eigenvalue weighted by atomic mass is 35.5. The van der Waals surface area contributed by atoms with Crippen molar-refractivity contribution in [1.29, 1.82) is 0 Å². The summed E-state index contributed by atoms with van der Waals surface area (Å²) >= 11 is 5.57. The molecule has 1 nitrogen and oxygen atoms in total. The monoisotopic (exact) mass is 250 g/mol. The van der Waals surface area contributed by atoms with Gasteiger partial charge in [0.25, 0.3) is 0 Å². The van der Waals surface area contributed by atoms with E-state index in [4.69, 9.17) is 16.7 Å². The van der Waals surface area contributed by atoms with Crippen molar-refractivity contribution in [2.45, 2.75) is 24.4 Å². The fourth-order valence-corrected chi connectivity index (χ4v) is 2.05. The Morgan fingerprint density at radius 1 is 1.31 bits per heavy atom. The lowest BCUT2D eigenvalue weighted by Gasteiger charge is -2.19. The van der Waals surface area contributed by atoms with Crippen LogP contribution in [0.3, 0.4) is 0 Å². The zero-order valence-electron chi connectivity index (χ0n) is 8.31. The average molecular weight is 251 g/mol. The first-order chi connectivity index (χ1) is 7.39. The van der Waals surface area contributed by atoms with Crippen molar-refractivity contribution in [2.24, 2.45) is 0 Å². The van der Waals surface area contributed by atoms with Crippen LogP contribution in [0.4, 0.5) is 13.2 Å². The second-order valence-corrected chi connectivity index (χ2v) is 4.56. The van der Waals surface area contributed by atoms with Gasteiger partial charge in [-0.05, 0) is 30.5 Å². The summed E-state index contributed by atoms with van der Waals surface area (Å²) in [5.74, 6) is 0. The molecular weight excluding hydrogens is 241 g/mol. The van der Waals surface area contributed by atoms with Crippen molar-refractivity contribution in [3.63, 3.8) is 0 Å². The molecule has 16 heavy (non-hydrogen) atoms. The minimum absolute atomic E-state index is 0.0600. The molecule has 1 aliphatic carbocycles. The van der Waals surface area contributed by atoms with Crippen molar-refractivity contribution < 1.29 is 18.3 Å². The lowest BCUT2D eigenvalue weighted by Crippen LogP contribution is -2.19. The second-order valence-electron chi connectivity index (χ2n) is 4.13. The van der Waals surface area contributed by atoms with E-state index in [2.05, 4.69) is 0 Å². The van der Waals surface area contributed by atoms with Crippen molar-refractivity contribution >= 4 is 11.6 Å². The van der Waals surface area contributed by atoms with E-state index >= 15 is 0 Å². The van der Waals surface area contributed by atoms with Crippen LogP contribution < -0.4 is 0 Å². The van der Waals surface area contributed by atoms with E-state index in [9.17, 15) is 13.2 Å². The van der Waals surface area contributed by atoms with E-state index < -0.39 is 17.2 Å². The van der Waals surface area contributed by atoms with Crippen molar-refractivity contribution in [2.75, 3.05) is 6.61 Å². The van der Waals surface area contributed by atoms with Gasteiger partial charge in [-0.3, -0.25) is 0 Å². The minimum Gasteiger partial charge on any atom is -0.395 e. The number of alkyl halides is 3. The van der Waals surface area contributed by atoms with Crippen molar-refractivity contribution in [1.82, 2.24) is 0 Å². The van der Waals surface area contributed by atoms with Crippen LogP contribution in [0, 0.1) is 0 Å². The van der Waals surface area contributed by atoms with Crippen molar-refractivity contribution in [3.05, 3.63) is 34.3 Å². The van der Waals surface area contributed by atoms with Gasteiger partial charge < -0.3 is 5.11 Å². The summed E-state index contributed by atoms with van der Waals surface area (Å²) in [4.78, 5) is 0. The van der Waals surface area contributed by atoms with Gasteiger partial charge in [-0.2, -0.15) is 13.2 Å². The average Bonchev–Trinajstić information content (AvgIpc) is 2.97. The minimum atomic E-state index is -4.43. The Balaban J connectivity index is 2.53. The Kier molecular flexibility index (Phi) is 2.67. The molecule has 1 fully saturated rings. The molecule has 1 aliphatic rings. The number of rotatable bonds is 2. The van der Waals surface area contributed by atoms with Gasteiger partial charge in [-0.25, -0.2) is 0 Å². The molecule has 0 saturated heterocycles. The summed E-state index contributed by atoms with van der Waals surface area (Å²) in [7, 11) is 0. The van der Waals surface area contributed by atoms with E-state index in [1.54, 1.807) is 0 Å². The first-order valence-corrected chi connectivity index (χ1v) is 5.25. The quantitative estimate of drug-likeness (QED) is 0.853. The fraction of sp³-hybridized carbons (Fsp3) is 0.455. The lowest BCUT2D eigenvalue weighted by molar-refractivity contribution is -0.138. The van der Waals surface area contributed by atoms with Gasteiger partial charge in [0.2, 0.25) is 0 Å². The standard InChI is InChI=1S/C11H10ClF3O/c12-7-1-2-8(10(6-16)3-4-10)9(5-7)11(13,14)15/h1-2,5,16H,3-4,6H2. The molecule has 2 rings (SSSR count). The Hall–Kier alpha value is -0.740. The Labute approximate surface area is 95.8 Å². The lowest BCUT2D eigenvalue weighted by atomic mass is 9.92. The zero-order chi connectivity index (χ0) is 12.0. The van der Waals surface area contributed by atoms with Crippen LogP contribution in [-0.2, 0) is 11.6 Å². The predicted molar refractivity (Wildman–Crippen MR) is 54.5 cm³/mol. The highest BCUT2D eigenvalue weighted by molar-refractivity contribution is 6.30. The summed E-state index contributed by atoms with van der Waals surface area (Å²) in [6.07, 6.45) is -3.24. The van der Waals surface area contributed by atoms with E-state index in [0.29, 0.717) is 12.8 Å². The Morgan fingerprint density at radius 2 is 1.94 bits per heavy atom. The van der Waals surface area contributed by atoms with Gasteiger partial charge in [-0.1, -0.05) is 17.7 Å². The summed E-state index contributed by atoms with van der Waals surface area (Å²) < 4.78 is 38.3. The van der Waals surface area contributed by atoms with Gasteiger partial charge in [-0.15, -0.1) is 0 Å². The molecule has 88 valence electrons. The first-order valence-electron chi connectivity index (χ1n) is 4.87. The molecule has 0 bridgehead atoms. The second kappa shape index (κ2) is 3.64. The molecule has 5 heteroatoms. The molecule has 0 amide bonds. The SMILES string of the molecule is OCC1(c2ccc(Cl)cc2C(F)(F)F)CC1. The molecule has 1 aromatic rings. The van der Waals surface area contributed by atoms with Crippen LogP contribution in [0.2, 0.25) is 5.02 Å².